The van der Waals surface area contributed by atoms with Gasteiger partial charge in [0.2, 0.25) is 0 Å². The zero-order valence-electron chi connectivity index (χ0n) is 10.4. The average Bonchev–Trinajstić information content (AvgIpc) is 3.01. The van der Waals surface area contributed by atoms with E-state index in [-0.39, 0.29) is 0 Å². The lowest BCUT2D eigenvalue weighted by Crippen LogP contribution is -2.38. The fraction of sp³-hybridized carbons (Fsp3) is 0.615. The molecule has 0 saturated heterocycles. The number of nitrogens with one attached hydrogen (secondary N) is 1. The fourth-order valence-corrected chi connectivity index (χ4v) is 3.01. The maximum atomic E-state index is 7.49. The van der Waals surface area contributed by atoms with Gasteiger partial charge in [0.1, 0.15) is 0 Å². The van der Waals surface area contributed by atoms with Gasteiger partial charge in [0.15, 0.2) is 0 Å². The highest BCUT2D eigenvalue weighted by atomic mass is 32.1. The van der Waals surface area contributed by atoms with E-state index < -0.39 is 0 Å². The Labute approximate surface area is 107 Å². The minimum Gasteiger partial charge on any atom is -0.388 e. The first-order valence-electron chi connectivity index (χ1n) is 6.31. The van der Waals surface area contributed by atoms with E-state index >= 15 is 0 Å². The molecule has 1 aliphatic carbocycles. The van der Waals surface area contributed by atoms with Gasteiger partial charge in [-0.15, -0.1) is 11.3 Å². The van der Waals surface area contributed by atoms with E-state index in [9.17, 15) is 0 Å². The Bertz CT molecular complexity index is 357. The molecule has 94 valence electrons. The van der Waals surface area contributed by atoms with E-state index in [1.165, 1.54) is 17.7 Å². The van der Waals surface area contributed by atoms with Crippen LogP contribution in [-0.4, -0.2) is 22.8 Å². The zero-order chi connectivity index (χ0) is 12.3. The summed E-state index contributed by atoms with van der Waals surface area (Å²) in [5.41, 5.74) is 5.56. The molecule has 0 radical (unpaired) electrons. The van der Waals surface area contributed by atoms with Crippen LogP contribution in [0.3, 0.4) is 0 Å². The Kier molecular flexibility index (Phi) is 4.18. The van der Waals surface area contributed by atoms with Crippen molar-refractivity contribution in [1.82, 2.24) is 4.90 Å². The van der Waals surface area contributed by atoms with Crippen LogP contribution in [0.2, 0.25) is 0 Å². The summed E-state index contributed by atoms with van der Waals surface area (Å²) >= 11 is 1.82. The number of rotatable bonds is 7. The lowest BCUT2D eigenvalue weighted by molar-refractivity contribution is 0.177. The van der Waals surface area contributed by atoms with Crippen molar-refractivity contribution in [2.75, 3.05) is 0 Å². The highest BCUT2D eigenvalue weighted by Gasteiger charge is 2.33. The fourth-order valence-electron chi connectivity index (χ4n) is 2.29. The molecule has 3 nitrogen and oxygen atoms in total. The second-order valence-electron chi connectivity index (χ2n) is 4.77. The van der Waals surface area contributed by atoms with Gasteiger partial charge < -0.3 is 5.73 Å². The van der Waals surface area contributed by atoms with E-state index in [0.29, 0.717) is 18.3 Å². The summed E-state index contributed by atoms with van der Waals surface area (Å²) < 4.78 is 0. The standard InChI is InChI=1S/C13H21N3S/c1-2-10(8-13(14)15)16(11-5-6-11)9-12-4-3-7-17-12/h3-4,7,10-11H,2,5-6,8-9H2,1H3,(H3,14,15). The van der Waals surface area contributed by atoms with E-state index in [1.54, 1.807) is 0 Å². The molecule has 0 amide bonds. The molecule has 1 aromatic rings. The van der Waals surface area contributed by atoms with Gasteiger partial charge in [0.05, 0.1) is 5.84 Å². The normalized spacial score (nSPS) is 17.3. The number of thiophene rings is 1. The molecule has 1 saturated carbocycles. The second kappa shape index (κ2) is 5.65. The predicted octanol–water partition coefficient (Wildman–Crippen LogP) is 2.82. The Morgan fingerprint density at radius 3 is 2.88 bits per heavy atom. The Morgan fingerprint density at radius 1 is 1.65 bits per heavy atom. The molecule has 0 aliphatic heterocycles. The minimum atomic E-state index is 0.314. The molecule has 1 unspecified atom stereocenters. The van der Waals surface area contributed by atoms with Crippen molar-refractivity contribution in [3.8, 4) is 0 Å². The summed E-state index contributed by atoms with van der Waals surface area (Å²) in [7, 11) is 0. The number of nitrogens with two attached hydrogens (primary N) is 1. The third-order valence-corrected chi connectivity index (χ3v) is 4.19. The summed E-state index contributed by atoms with van der Waals surface area (Å²) in [5, 5.41) is 9.62. The van der Waals surface area contributed by atoms with E-state index in [4.69, 9.17) is 11.1 Å². The lowest BCUT2D eigenvalue weighted by Gasteiger charge is -2.30. The SMILES string of the molecule is CCC(CC(=N)N)N(Cc1cccs1)C1CC1. The van der Waals surface area contributed by atoms with E-state index in [0.717, 1.165) is 19.0 Å². The molecule has 3 N–H and O–H groups in total. The van der Waals surface area contributed by atoms with Crippen molar-refractivity contribution in [1.29, 1.82) is 5.41 Å². The van der Waals surface area contributed by atoms with Crippen LogP contribution in [-0.2, 0) is 6.54 Å². The predicted molar refractivity (Wildman–Crippen MR) is 73.5 cm³/mol. The molecule has 0 bridgehead atoms. The van der Waals surface area contributed by atoms with Crippen molar-refractivity contribution in [2.45, 2.75) is 51.2 Å². The summed E-state index contributed by atoms with van der Waals surface area (Å²) in [5.74, 6) is 0.314. The maximum absolute atomic E-state index is 7.49. The zero-order valence-corrected chi connectivity index (χ0v) is 11.2. The summed E-state index contributed by atoms with van der Waals surface area (Å²) in [4.78, 5) is 3.96. The van der Waals surface area contributed by atoms with Crippen LogP contribution in [0.4, 0.5) is 0 Å². The van der Waals surface area contributed by atoms with Crippen LogP contribution < -0.4 is 5.73 Å². The molecular weight excluding hydrogens is 230 g/mol. The third kappa shape index (κ3) is 3.54. The van der Waals surface area contributed by atoms with Gasteiger partial charge in [-0.3, -0.25) is 10.3 Å². The second-order valence-corrected chi connectivity index (χ2v) is 5.81. The third-order valence-electron chi connectivity index (χ3n) is 3.33. The Hall–Kier alpha value is -0.870. The van der Waals surface area contributed by atoms with Gasteiger partial charge >= 0.3 is 0 Å². The summed E-state index contributed by atoms with van der Waals surface area (Å²) in [6.07, 6.45) is 4.39. The molecule has 0 spiro atoms. The molecular formula is C13H21N3S. The summed E-state index contributed by atoms with van der Waals surface area (Å²) in [6, 6.07) is 5.46. The molecule has 1 fully saturated rings. The largest absolute Gasteiger partial charge is 0.388 e. The number of hydrogen-bond donors (Lipinski definition) is 2. The molecule has 1 aromatic heterocycles. The van der Waals surface area contributed by atoms with Crippen LogP contribution in [0.25, 0.3) is 0 Å². The first-order chi connectivity index (χ1) is 8.20. The number of hydrogen-bond acceptors (Lipinski definition) is 3. The quantitative estimate of drug-likeness (QED) is 0.578. The van der Waals surface area contributed by atoms with Gasteiger partial charge in [-0.2, -0.15) is 0 Å². The molecule has 17 heavy (non-hydrogen) atoms. The van der Waals surface area contributed by atoms with Crippen molar-refractivity contribution in [2.24, 2.45) is 5.73 Å². The van der Waals surface area contributed by atoms with Crippen molar-refractivity contribution in [3.05, 3.63) is 22.4 Å². The molecule has 1 aliphatic rings. The van der Waals surface area contributed by atoms with Crippen LogP contribution in [0, 0.1) is 5.41 Å². The topological polar surface area (TPSA) is 53.1 Å². The number of amidine groups is 1. The monoisotopic (exact) mass is 251 g/mol. The Balaban J connectivity index is 2.02. The van der Waals surface area contributed by atoms with Crippen LogP contribution >= 0.6 is 11.3 Å². The van der Waals surface area contributed by atoms with Gasteiger partial charge in [0, 0.05) is 29.9 Å². The maximum Gasteiger partial charge on any atom is 0.0921 e. The number of nitrogens with zero attached hydrogens (tertiary/aromatic N) is 1. The van der Waals surface area contributed by atoms with E-state index in [1.807, 2.05) is 11.3 Å². The van der Waals surface area contributed by atoms with Gasteiger partial charge in [-0.25, -0.2) is 0 Å². The van der Waals surface area contributed by atoms with Crippen molar-refractivity contribution in [3.63, 3.8) is 0 Å². The van der Waals surface area contributed by atoms with Crippen LogP contribution in [0.1, 0.15) is 37.5 Å². The molecule has 1 heterocycles. The molecule has 4 heteroatoms. The highest BCUT2D eigenvalue weighted by molar-refractivity contribution is 7.09. The van der Waals surface area contributed by atoms with Crippen LogP contribution in [0.5, 0.6) is 0 Å². The van der Waals surface area contributed by atoms with Gasteiger partial charge in [-0.05, 0) is 30.7 Å². The molecule has 1 atom stereocenters. The summed E-state index contributed by atoms with van der Waals surface area (Å²) in [6.45, 7) is 3.21. The van der Waals surface area contributed by atoms with Crippen molar-refractivity contribution < 1.29 is 0 Å². The van der Waals surface area contributed by atoms with Crippen LogP contribution in [0.15, 0.2) is 17.5 Å². The van der Waals surface area contributed by atoms with Crippen molar-refractivity contribution >= 4 is 17.2 Å². The van der Waals surface area contributed by atoms with E-state index in [2.05, 4.69) is 29.3 Å². The van der Waals surface area contributed by atoms with Gasteiger partial charge in [0.25, 0.3) is 0 Å². The highest BCUT2D eigenvalue weighted by Crippen LogP contribution is 2.32. The first-order valence-corrected chi connectivity index (χ1v) is 7.19. The lowest BCUT2D eigenvalue weighted by atomic mass is 10.1. The molecule has 2 rings (SSSR count). The average molecular weight is 251 g/mol. The Morgan fingerprint density at radius 2 is 2.41 bits per heavy atom. The first kappa shape index (κ1) is 12.6. The van der Waals surface area contributed by atoms with Gasteiger partial charge in [-0.1, -0.05) is 13.0 Å². The minimum absolute atomic E-state index is 0.314. The smallest absolute Gasteiger partial charge is 0.0921 e. The molecule has 0 aromatic carbocycles.